The Morgan fingerprint density at radius 3 is 1.82 bits per heavy atom. The summed E-state index contributed by atoms with van der Waals surface area (Å²) in [7, 11) is 2.68. The Labute approximate surface area is 347 Å². The third kappa shape index (κ3) is 8.78. The van der Waals surface area contributed by atoms with Gasteiger partial charge in [-0.05, 0) is 85.0 Å². The molecule has 0 aliphatic carbocycles. The highest BCUT2D eigenvalue weighted by Gasteiger charge is 2.38. The number of imidazole rings is 2. The van der Waals surface area contributed by atoms with Crippen LogP contribution in [0.15, 0.2) is 114 Å². The molecule has 2 saturated heterocycles. The summed E-state index contributed by atoms with van der Waals surface area (Å²) in [5, 5.41) is 2.72. The predicted molar refractivity (Wildman–Crippen MR) is 227 cm³/mol. The molecule has 4 atom stereocenters. The largest absolute Gasteiger partial charge is 0.453 e. The molecule has 60 heavy (non-hydrogen) atoms. The summed E-state index contributed by atoms with van der Waals surface area (Å²) in [6.07, 6.45) is 9.56. The molecule has 2 aromatic heterocycles. The first kappa shape index (κ1) is 40.0. The summed E-state index contributed by atoms with van der Waals surface area (Å²) in [5.74, 6) is 1.18. The number of methoxy groups -OCH3 is 1. The van der Waals surface area contributed by atoms with E-state index in [4.69, 9.17) is 19.6 Å². The molecule has 2 aliphatic heterocycles. The summed E-state index contributed by atoms with van der Waals surface area (Å²) in [5.41, 5.74) is 7.24. The number of alkyl carbamates (subject to hydrolysis) is 1. The number of amides is 3. The van der Waals surface area contributed by atoms with Crippen molar-refractivity contribution in [1.82, 2.24) is 35.1 Å². The van der Waals surface area contributed by atoms with Crippen LogP contribution < -0.4 is 5.32 Å². The van der Waals surface area contributed by atoms with E-state index in [9.17, 15) is 14.4 Å². The van der Waals surface area contributed by atoms with E-state index < -0.39 is 18.2 Å². The number of allylic oxidation sites excluding steroid dienone is 2. The van der Waals surface area contributed by atoms with Gasteiger partial charge in [0.05, 0.1) is 48.4 Å². The van der Waals surface area contributed by atoms with Crippen molar-refractivity contribution in [3.05, 3.63) is 143 Å². The molecule has 2 aliphatic rings. The first-order valence-electron chi connectivity index (χ1n) is 20.3. The summed E-state index contributed by atoms with van der Waals surface area (Å²) in [4.78, 5) is 74.5. The van der Waals surface area contributed by atoms with Gasteiger partial charge in [-0.2, -0.15) is 4.89 Å². The lowest BCUT2D eigenvalue weighted by molar-refractivity contribution is -0.188. The summed E-state index contributed by atoms with van der Waals surface area (Å²) in [6, 6.07) is 29.1. The number of ether oxygens (including phenoxy) is 1. The number of hydrogen-bond donors (Lipinski definition) is 3. The van der Waals surface area contributed by atoms with Gasteiger partial charge < -0.3 is 34.7 Å². The van der Waals surface area contributed by atoms with E-state index in [1.54, 1.807) is 4.90 Å². The lowest BCUT2D eigenvalue weighted by atomic mass is 10.1. The highest BCUT2D eigenvalue weighted by atomic mass is 17.2. The second kappa shape index (κ2) is 18.4. The van der Waals surface area contributed by atoms with E-state index in [0.29, 0.717) is 18.7 Å². The standard InChI is InChI=1S/C46H48N8O6/c1-58-46(57)52-41(33-17-7-4-8-18-33)45(56)54-26-12-20-39(54)43-49-35-24-22-31(28-37(35)51-43)14-10-9-13-30-21-23-34-36(27-30)50-42(48-34)38-19-11-25-53(38)44(55)40(47-29-60-59-2)32-15-5-3-6-16-32/h3-10,15-18,21-24,27-29,38-41H,11-14,19-20,25-26H2,1-2H3,(H,48,50)(H,49,51)(H,52,57)/b10-9?,47-29-/t38-,39-,40?,41+/m0/s1. The van der Waals surface area contributed by atoms with Gasteiger partial charge in [-0.15, -0.1) is 0 Å². The summed E-state index contributed by atoms with van der Waals surface area (Å²) in [6.45, 7) is 1.18. The van der Waals surface area contributed by atoms with E-state index in [0.717, 1.165) is 88.9 Å². The zero-order valence-corrected chi connectivity index (χ0v) is 33.6. The van der Waals surface area contributed by atoms with Crippen LogP contribution in [0, 0.1) is 0 Å². The number of nitrogens with zero attached hydrogens (tertiary/aromatic N) is 5. The van der Waals surface area contributed by atoms with Gasteiger partial charge in [-0.25, -0.2) is 19.8 Å². The second-order valence-corrected chi connectivity index (χ2v) is 15.0. The molecular weight excluding hydrogens is 761 g/mol. The smallest absolute Gasteiger partial charge is 0.407 e. The predicted octanol–water partition coefficient (Wildman–Crippen LogP) is 7.55. The van der Waals surface area contributed by atoms with Gasteiger partial charge >= 0.3 is 6.09 Å². The number of fused-ring (bicyclic) bond motifs is 2. The van der Waals surface area contributed by atoms with Crippen molar-refractivity contribution in [3.8, 4) is 0 Å². The van der Waals surface area contributed by atoms with Crippen LogP contribution in [0.1, 0.15) is 83.8 Å². The lowest BCUT2D eigenvalue weighted by Gasteiger charge is -2.28. The first-order valence-corrected chi connectivity index (χ1v) is 20.3. The number of aromatic nitrogens is 4. The summed E-state index contributed by atoms with van der Waals surface area (Å²) < 4.78 is 4.84. The molecule has 6 aromatic rings. The van der Waals surface area contributed by atoms with E-state index in [-0.39, 0.29) is 23.9 Å². The number of likely N-dealkylation sites (tertiary alicyclic amines) is 2. The number of aliphatic imine (C=N–C) groups is 1. The van der Waals surface area contributed by atoms with Crippen molar-refractivity contribution in [1.29, 1.82) is 0 Å². The van der Waals surface area contributed by atoms with Crippen molar-refractivity contribution in [2.75, 3.05) is 27.3 Å². The average molecular weight is 809 g/mol. The first-order chi connectivity index (χ1) is 29.4. The van der Waals surface area contributed by atoms with Crippen LogP contribution >= 0.6 is 0 Å². The van der Waals surface area contributed by atoms with E-state index >= 15 is 0 Å². The van der Waals surface area contributed by atoms with Gasteiger partial charge in [-0.3, -0.25) is 9.59 Å². The molecule has 0 spiro atoms. The monoisotopic (exact) mass is 808 g/mol. The third-order valence-corrected chi connectivity index (χ3v) is 11.2. The number of aromatic amines is 2. The number of H-pyrrole nitrogens is 2. The molecule has 0 bridgehead atoms. The maximum absolute atomic E-state index is 13.9. The van der Waals surface area contributed by atoms with Crippen molar-refractivity contribution >= 4 is 46.4 Å². The molecule has 0 radical (unpaired) electrons. The van der Waals surface area contributed by atoms with Gasteiger partial charge in [0.25, 0.3) is 11.8 Å². The molecule has 14 heteroatoms. The number of carbonyl (C=O) groups excluding carboxylic acids is 3. The molecule has 3 amide bonds. The Morgan fingerprint density at radius 2 is 1.28 bits per heavy atom. The Kier molecular flexibility index (Phi) is 12.3. The van der Waals surface area contributed by atoms with E-state index in [1.807, 2.05) is 71.6 Å². The van der Waals surface area contributed by atoms with Gasteiger partial charge in [0.1, 0.15) is 17.7 Å². The number of nitrogens with one attached hydrogen (secondary N) is 3. The minimum atomic E-state index is -0.872. The normalized spacial score (nSPS) is 17.8. The number of benzene rings is 4. The minimum absolute atomic E-state index is 0.117. The third-order valence-electron chi connectivity index (χ3n) is 11.2. The van der Waals surface area contributed by atoms with Crippen LogP contribution in [0.5, 0.6) is 0 Å². The lowest BCUT2D eigenvalue weighted by Crippen LogP contribution is -2.42. The Balaban J connectivity index is 0.908. The van der Waals surface area contributed by atoms with Gasteiger partial charge in [0, 0.05) is 13.1 Å². The molecule has 4 aromatic carbocycles. The van der Waals surface area contributed by atoms with Crippen LogP contribution in [0.4, 0.5) is 4.79 Å². The van der Waals surface area contributed by atoms with Crippen LogP contribution in [0.2, 0.25) is 0 Å². The molecular formula is C46H48N8O6. The van der Waals surface area contributed by atoms with Gasteiger partial charge in [-0.1, -0.05) is 84.9 Å². The highest BCUT2D eigenvalue weighted by Crippen LogP contribution is 2.36. The fourth-order valence-electron chi connectivity index (χ4n) is 8.27. The SMILES string of the molecule is COO/C=N\C(C(=O)N1CCC[C@H]1c1nc2cc(CC=CCc3ccc4[nH]c([C@@H]5CCCN5C(=O)[C@H](NC(=O)OC)c5ccccc5)nc4c3)ccc2[nH]1)c1ccccc1. The molecule has 4 heterocycles. The zero-order valence-electron chi connectivity index (χ0n) is 33.6. The Bertz CT molecular complexity index is 2500. The molecule has 14 nitrogen and oxygen atoms in total. The molecule has 3 N–H and O–H groups in total. The Hall–Kier alpha value is -6.80. The highest BCUT2D eigenvalue weighted by molar-refractivity contribution is 5.88. The summed E-state index contributed by atoms with van der Waals surface area (Å²) >= 11 is 0. The molecule has 0 saturated carbocycles. The number of rotatable bonds is 14. The topological polar surface area (TPSA) is 167 Å². The van der Waals surface area contributed by atoms with Crippen LogP contribution in [0.3, 0.4) is 0 Å². The maximum atomic E-state index is 13.9. The molecule has 1 unspecified atom stereocenters. The molecule has 8 rings (SSSR count). The molecule has 308 valence electrons. The van der Waals surface area contributed by atoms with Crippen molar-refractivity contribution in [2.24, 2.45) is 4.99 Å². The second-order valence-electron chi connectivity index (χ2n) is 15.0. The van der Waals surface area contributed by atoms with E-state index in [2.05, 4.69) is 67.6 Å². The van der Waals surface area contributed by atoms with Crippen LogP contribution in [0.25, 0.3) is 22.1 Å². The number of carbonyl (C=O) groups is 3. The fourth-order valence-corrected chi connectivity index (χ4v) is 8.27. The maximum Gasteiger partial charge on any atom is 0.407 e. The van der Waals surface area contributed by atoms with Crippen LogP contribution in [-0.4, -0.2) is 81.4 Å². The van der Waals surface area contributed by atoms with Crippen LogP contribution in [-0.2, 0) is 36.9 Å². The van der Waals surface area contributed by atoms with Gasteiger partial charge in [0.15, 0.2) is 6.04 Å². The van der Waals surface area contributed by atoms with Crippen molar-refractivity contribution < 1.29 is 28.9 Å². The van der Waals surface area contributed by atoms with Crippen molar-refractivity contribution in [2.45, 2.75) is 62.7 Å². The molecule has 2 fully saturated rings. The quantitative estimate of drug-likeness (QED) is 0.0334. The van der Waals surface area contributed by atoms with E-state index in [1.165, 1.54) is 20.6 Å². The van der Waals surface area contributed by atoms with Gasteiger partial charge in [0.2, 0.25) is 6.40 Å². The zero-order chi connectivity index (χ0) is 41.4. The average Bonchev–Trinajstić information content (AvgIpc) is 4.12. The Morgan fingerprint density at radius 1 is 0.750 bits per heavy atom. The fraction of sp³-hybridized carbons (Fsp3) is 0.304. The van der Waals surface area contributed by atoms with Crippen molar-refractivity contribution in [3.63, 3.8) is 0 Å². The number of hydrogen-bond acceptors (Lipinski definition) is 9. The minimum Gasteiger partial charge on any atom is -0.453 e.